The van der Waals surface area contributed by atoms with Crippen molar-refractivity contribution in [2.24, 2.45) is 0 Å². The monoisotopic (exact) mass is 410 g/mol. The number of ether oxygens (including phenoxy) is 1. The van der Waals surface area contributed by atoms with Gasteiger partial charge in [0.05, 0.1) is 10.9 Å². The Bertz CT molecular complexity index is 956. The van der Waals surface area contributed by atoms with E-state index < -0.39 is 17.9 Å². The average Bonchev–Trinajstić information content (AvgIpc) is 2.96. The zero-order valence-corrected chi connectivity index (χ0v) is 16.4. The molecule has 1 heterocycles. The van der Waals surface area contributed by atoms with Gasteiger partial charge in [0, 0.05) is 5.56 Å². The molecule has 3 rings (SSSR count). The first-order valence-electron chi connectivity index (χ1n) is 8.38. The van der Waals surface area contributed by atoms with Gasteiger partial charge in [0.25, 0.3) is 5.91 Å². The van der Waals surface area contributed by atoms with Crippen LogP contribution in [0.2, 0.25) is 0 Å². The van der Waals surface area contributed by atoms with E-state index >= 15 is 0 Å². The van der Waals surface area contributed by atoms with E-state index in [0.717, 1.165) is 16.7 Å². The number of thiocarbonyl (C=S) groups is 1. The van der Waals surface area contributed by atoms with E-state index in [4.69, 9.17) is 17.0 Å². The van der Waals surface area contributed by atoms with E-state index in [2.05, 4.69) is 6.58 Å². The van der Waals surface area contributed by atoms with Crippen molar-refractivity contribution in [3.8, 4) is 5.75 Å². The summed E-state index contributed by atoms with van der Waals surface area (Å²) in [7, 11) is 0. The number of aliphatic carboxylic acids is 1. The topological polar surface area (TPSA) is 69.7 Å². The zero-order valence-electron chi connectivity index (χ0n) is 14.7. The Morgan fingerprint density at radius 3 is 2.57 bits per heavy atom. The maximum atomic E-state index is 13.0. The number of hydrogen-bond donors (Lipinski definition) is 0. The normalized spacial score (nSPS) is 16.3. The zero-order chi connectivity index (χ0) is 20.1. The molecule has 1 aliphatic rings. The quantitative estimate of drug-likeness (QED) is 0.397. The Morgan fingerprint density at radius 1 is 1.21 bits per heavy atom. The third-order valence-electron chi connectivity index (χ3n) is 3.98. The molecule has 0 radical (unpaired) electrons. The number of para-hydroxylation sites is 1. The lowest BCUT2D eigenvalue weighted by Gasteiger charge is -2.27. The highest BCUT2D eigenvalue weighted by Gasteiger charge is 2.38. The van der Waals surface area contributed by atoms with Gasteiger partial charge < -0.3 is 14.6 Å². The molecular formula is C21H16NO4S2-. The Labute approximate surface area is 172 Å². The number of carbonyl (C=O) groups excluding carboxylic acids is 2. The van der Waals surface area contributed by atoms with Gasteiger partial charge >= 0.3 is 0 Å². The average molecular weight is 410 g/mol. The predicted molar refractivity (Wildman–Crippen MR) is 111 cm³/mol. The summed E-state index contributed by atoms with van der Waals surface area (Å²) in [6, 6.07) is 14.4. The van der Waals surface area contributed by atoms with E-state index in [9.17, 15) is 14.7 Å². The van der Waals surface area contributed by atoms with Crippen LogP contribution in [0.25, 0.3) is 6.08 Å². The predicted octanol–water partition coefficient (Wildman–Crippen LogP) is 2.94. The first-order chi connectivity index (χ1) is 13.5. The molecule has 0 spiro atoms. The summed E-state index contributed by atoms with van der Waals surface area (Å²) in [5.74, 6) is -1.28. The van der Waals surface area contributed by atoms with Gasteiger partial charge in [-0.3, -0.25) is 9.69 Å². The Balaban J connectivity index is 1.95. The van der Waals surface area contributed by atoms with Crippen molar-refractivity contribution in [2.45, 2.75) is 6.04 Å². The van der Waals surface area contributed by atoms with Gasteiger partial charge in [-0.2, -0.15) is 0 Å². The third-order valence-corrected chi connectivity index (χ3v) is 5.31. The van der Waals surface area contributed by atoms with Crippen LogP contribution in [0.5, 0.6) is 5.75 Å². The molecule has 0 aromatic heterocycles. The summed E-state index contributed by atoms with van der Waals surface area (Å²) in [6.45, 7) is 3.95. The van der Waals surface area contributed by atoms with Gasteiger partial charge in [-0.25, -0.2) is 0 Å². The first-order valence-corrected chi connectivity index (χ1v) is 9.61. The lowest BCUT2D eigenvalue weighted by Crippen LogP contribution is -2.43. The summed E-state index contributed by atoms with van der Waals surface area (Å²) in [5, 5.41) is 11.8. The molecule has 1 amide bonds. The number of hydrogen-bond acceptors (Lipinski definition) is 6. The highest BCUT2D eigenvalue weighted by atomic mass is 32.2. The Hall–Kier alpha value is -2.90. The van der Waals surface area contributed by atoms with Gasteiger partial charge in [0.15, 0.2) is 0 Å². The van der Waals surface area contributed by atoms with Crippen molar-refractivity contribution in [2.75, 3.05) is 6.61 Å². The number of carbonyl (C=O) groups is 2. The largest absolute Gasteiger partial charge is 0.547 e. The SMILES string of the molecule is C=CCOc1ccccc1/C=C1\SC(=S)N([C@@H](C(=O)[O-])c2ccccc2)C1=O. The summed E-state index contributed by atoms with van der Waals surface area (Å²) in [5.41, 5.74) is 1.12. The summed E-state index contributed by atoms with van der Waals surface area (Å²) >= 11 is 6.35. The third kappa shape index (κ3) is 4.16. The van der Waals surface area contributed by atoms with Crippen LogP contribution in [-0.4, -0.2) is 27.7 Å². The van der Waals surface area contributed by atoms with Gasteiger partial charge in [-0.1, -0.05) is 85.2 Å². The molecule has 0 unspecified atom stereocenters. The molecule has 5 nitrogen and oxygen atoms in total. The van der Waals surface area contributed by atoms with Crippen LogP contribution >= 0.6 is 24.0 Å². The van der Waals surface area contributed by atoms with E-state index in [-0.39, 0.29) is 4.32 Å². The number of rotatable bonds is 7. The molecule has 1 aliphatic heterocycles. The molecular weight excluding hydrogens is 394 g/mol. The fraction of sp³-hybridized carbons (Fsp3) is 0.0952. The fourth-order valence-corrected chi connectivity index (χ4v) is 4.05. The van der Waals surface area contributed by atoms with Gasteiger partial charge in [0.1, 0.15) is 22.7 Å². The number of carboxylic acids is 1. The van der Waals surface area contributed by atoms with Crippen LogP contribution in [0.3, 0.4) is 0 Å². The molecule has 0 aliphatic carbocycles. The van der Waals surface area contributed by atoms with Gasteiger partial charge in [0.2, 0.25) is 0 Å². The number of benzene rings is 2. The summed E-state index contributed by atoms with van der Waals surface area (Å²) < 4.78 is 5.77. The van der Waals surface area contributed by atoms with Crippen LogP contribution in [0.1, 0.15) is 17.2 Å². The van der Waals surface area contributed by atoms with E-state index in [1.54, 1.807) is 54.6 Å². The maximum Gasteiger partial charge on any atom is 0.267 e. The molecule has 2 aromatic rings. The Kier molecular flexibility index (Phi) is 6.28. The second-order valence-electron chi connectivity index (χ2n) is 5.82. The van der Waals surface area contributed by atoms with Crippen LogP contribution in [-0.2, 0) is 9.59 Å². The van der Waals surface area contributed by atoms with Crippen LogP contribution in [0.15, 0.2) is 72.2 Å². The number of amides is 1. The summed E-state index contributed by atoms with van der Waals surface area (Å²) in [6.07, 6.45) is 3.27. The molecule has 7 heteroatoms. The second kappa shape index (κ2) is 8.86. The minimum Gasteiger partial charge on any atom is -0.547 e. The van der Waals surface area contributed by atoms with E-state index in [1.807, 2.05) is 12.1 Å². The number of carboxylic acid groups (broad SMARTS) is 1. The molecule has 2 aromatic carbocycles. The van der Waals surface area contributed by atoms with E-state index in [1.165, 1.54) is 0 Å². The molecule has 142 valence electrons. The highest BCUT2D eigenvalue weighted by Crippen LogP contribution is 2.38. The first kappa shape index (κ1) is 19.9. The second-order valence-corrected chi connectivity index (χ2v) is 7.50. The van der Waals surface area contributed by atoms with Crippen molar-refractivity contribution in [3.05, 3.63) is 83.3 Å². The van der Waals surface area contributed by atoms with Crippen LogP contribution < -0.4 is 9.84 Å². The van der Waals surface area contributed by atoms with Crippen LogP contribution in [0, 0.1) is 0 Å². The fourth-order valence-electron chi connectivity index (χ4n) is 2.75. The molecule has 0 saturated carbocycles. The summed E-state index contributed by atoms with van der Waals surface area (Å²) in [4.78, 5) is 26.2. The minimum atomic E-state index is -1.39. The molecule has 1 atom stereocenters. The Morgan fingerprint density at radius 2 is 1.89 bits per heavy atom. The van der Waals surface area contributed by atoms with Crippen molar-refractivity contribution in [1.82, 2.24) is 4.90 Å². The standard InChI is InChI=1S/C21H17NO4S2/c1-2-12-26-16-11-7-6-10-15(16)13-17-19(23)22(21(27)28-17)18(20(24)25)14-8-4-3-5-9-14/h2-11,13,18H,1,12H2,(H,24,25)/p-1/b17-13-/t18-/m1/s1. The van der Waals surface area contributed by atoms with Crippen LogP contribution in [0.4, 0.5) is 0 Å². The van der Waals surface area contributed by atoms with Crippen molar-refractivity contribution in [1.29, 1.82) is 0 Å². The number of thioether (sulfide) groups is 1. The molecule has 0 N–H and O–H groups in total. The molecule has 28 heavy (non-hydrogen) atoms. The highest BCUT2D eigenvalue weighted by molar-refractivity contribution is 8.26. The van der Waals surface area contributed by atoms with E-state index in [0.29, 0.717) is 28.4 Å². The van der Waals surface area contributed by atoms with Crippen molar-refractivity contribution >= 4 is 46.3 Å². The van der Waals surface area contributed by atoms with Gasteiger partial charge in [-0.05, 0) is 17.7 Å². The lowest BCUT2D eigenvalue weighted by atomic mass is 10.1. The molecule has 1 fully saturated rings. The lowest BCUT2D eigenvalue weighted by molar-refractivity contribution is -0.310. The number of nitrogens with zero attached hydrogens (tertiary/aromatic N) is 1. The maximum absolute atomic E-state index is 13.0. The van der Waals surface area contributed by atoms with Crippen molar-refractivity contribution in [3.63, 3.8) is 0 Å². The van der Waals surface area contributed by atoms with Gasteiger partial charge in [-0.15, -0.1) is 0 Å². The van der Waals surface area contributed by atoms with Crippen molar-refractivity contribution < 1.29 is 19.4 Å². The molecule has 1 saturated heterocycles. The molecule has 0 bridgehead atoms. The minimum absolute atomic E-state index is 0.166. The smallest absolute Gasteiger partial charge is 0.267 e.